The van der Waals surface area contributed by atoms with Crippen LogP contribution in [0.1, 0.15) is 25.8 Å². The van der Waals surface area contributed by atoms with E-state index in [0.29, 0.717) is 5.69 Å². The van der Waals surface area contributed by atoms with Crippen molar-refractivity contribution in [2.24, 2.45) is 0 Å². The molecule has 0 saturated carbocycles. The molecule has 0 radical (unpaired) electrons. The zero-order valence-corrected chi connectivity index (χ0v) is 13.2. The van der Waals surface area contributed by atoms with Crippen molar-refractivity contribution in [3.63, 3.8) is 0 Å². The van der Waals surface area contributed by atoms with Crippen molar-refractivity contribution in [3.05, 3.63) is 33.9 Å². The first-order chi connectivity index (χ1) is 10.6. The smallest absolute Gasteiger partial charge is 0.290 e. The molecule has 1 unspecified atom stereocenters. The van der Waals surface area contributed by atoms with Crippen molar-refractivity contribution >= 4 is 22.9 Å². The van der Waals surface area contributed by atoms with E-state index >= 15 is 0 Å². The molecule has 0 spiro atoms. The van der Waals surface area contributed by atoms with E-state index in [1.165, 1.54) is 16.0 Å². The fourth-order valence-electron chi connectivity index (χ4n) is 2.65. The molecule has 116 valence electrons. The van der Waals surface area contributed by atoms with Crippen LogP contribution in [-0.2, 0) is 4.79 Å². The summed E-state index contributed by atoms with van der Waals surface area (Å²) in [5, 5.41) is 6.29. The third kappa shape index (κ3) is 2.64. The van der Waals surface area contributed by atoms with Crippen LogP contribution in [0, 0.1) is 0 Å². The first kappa shape index (κ1) is 14.8. The van der Waals surface area contributed by atoms with Gasteiger partial charge in [-0.2, -0.15) is 5.10 Å². The number of nitrogen functional groups attached to an aromatic ring is 1. The highest BCUT2D eigenvalue weighted by atomic mass is 32.1. The first-order valence-corrected chi connectivity index (χ1v) is 8.18. The molecule has 1 atom stereocenters. The van der Waals surface area contributed by atoms with Gasteiger partial charge in [-0.3, -0.25) is 9.59 Å². The van der Waals surface area contributed by atoms with Crippen molar-refractivity contribution in [1.29, 1.82) is 0 Å². The molecule has 2 aromatic heterocycles. The summed E-state index contributed by atoms with van der Waals surface area (Å²) in [6.07, 6.45) is 2.02. The van der Waals surface area contributed by atoms with Gasteiger partial charge in [0.25, 0.3) is 5.56 Å². The van der Waals surface area contributed by atoms with Crippen molar-refractivity contribution in [1.82, 2.24) is 14.7 Å². The zero-order valence-electron chi connectivity index (χ0n) is 12.4. The van der Waals surface area contributed by atoms with E-state index in [9.17, 15) is 9.59 Å². The van der Waals surface area contributed by atoms with Gasteiger partial charge >= 0.3 is 0 Å². The largest absolute Gasteiger partial charge is 0.394 e. The second-order valence-electron chi connectivity index (χ2n) is 5.42. The molecule has 6 nitrogen and oxygen atoms in total. The van der Waals surface area contributed by atoms with Crippen LogP contribution in [0.2, 0.25) is 0 Å². The molecule has 2 N–H and O–H groups in total. The van der Waals surface area contributed by atoms with Crippen LogP contribution < -0.4 is 11.3 Å². The summed E-state index contributed by atoms with van der Waals surface area (Å²) in [6.45, 7) is 3.20. The van der Waals surface area contributed by atoms with E-state index in [1.54, 1.807) is 17.9 Å². The van der Waals surface area contributed by atoms with Gasteiger partial charge in [0.05, 0.1) is 4.88 Å². The number of rotatable bonds is 3. The lowest BCUT2D eigenvalue weighted by Gasteiger charge is -2.21. The number of nitrogens with zero attached hydrogens (tertiary/aromatic N) is 3. The van der Waals surface area contributed by atoms with Gasteiger partial charge in [0.15, 0.2) is 0 Å². The highest BCUT2D eigenvalue weighted by molar-refractivity contribution is 7.13. The molecule has 1 fully saturated rings. The predicted molar refractivity (Wildman–Crippen MR) is 86.7 cm³/mol. The maximum Gasteiger partial charge on any atom is 0.290 e. The summed E-state index contributed by atoms with van der Waals surface area (Å²) in [6, 6.07) is 4.74. The van der Waals surface area contributed by atoms with E-state index in [4.69, 9.17) is 5.73 Å². The minimum atomic E-state index is -0.646. The summed E-state index contributed by atoms with van der Waals surface area (Å²) in [5.41, 5.74) is 6.14. The third-order valence-electron chi connectivity index (χ3n) is 3.88. The van der Waals surface area contributed by atoms with Crippen molar-refractivity contribution in [2.45, 2.75) is 25.8 Å². The molecule has 1 aliphatic heterocycles. The second kappa shape index (κ2) is 5.92. The highest BCUT2D eigenvalue weighted by Crippen LogP contribution is 2.23. The van der Waals surface area contributed by atoms with Crippen LogP contribution in [0.3, 0.4) is 0 Å². The van der Waals surface area contributed by atoms with Gasteiger partial charge in [-0.25, -0.2) is 4.68 Å². The Morgan fingerprint density at radius 2 is 2.14 bits per heavy atom. The number of amides is 1. The molecule has 0 aliphatic carbocycles. The first-order valence-electron chi connectivity index (χ1n) is 7.30. The van der Waals surface area contributed by atoms with Crippen LogP contribution in [-0.4, -0.2) is 33.7 Å². The SMILES string of the molecule is CC(C(=O)N1CCCC1)n1nc(-c2cccs2)cc(N)c1=O. The fourth-order valence-corrected chi connectivity index (χ4v) is 3.33. The quantitative estimate of drug-likeness (QED) is 0.934. The second-order valence-corrected chi connectivity index (χ2v) is 6.37. The topological polar surface area (TPSA) is 81.2 Å². The minimum Gasteiger partial charge on any atom is -0.394 e. The van der Waals surface area contributed by atoms with Crippen LogP contribution >= 0.6 is 11.3 Å². The Balaban J connectivity index is 1.98. The number of likely N-dealkylation sites (tertiary alicyclic amines) is 1. The fraction of sp³-hybridized carbons (Fsp3) is 0.400. The molecule has 0 aromatic carbocycles. The van der Waals surface area contributed by atoms with E-state index in [-0.39, 0.29) is 11.6 Å². The van der Waals surface area contributed by atoms with Crippen LogP contribution in [0.4, 0.5) is 5.69 Å². The number of nitrogens with two attached hydrogens (primary N) is 1. The zero-order chi connectivity index (χ0) is 15.7. The Morgan fingerprint density at radius 3 is 2.77 bits per heavy atom. The number of thiophene rings is 1. The summed E-state index contributed by atoms with van der Waals surface area (Å²) < 4.78 is 1.21. The summed E-state index contributed by atoms with van der Waals surface area (Å²) in [5.74, 6) is -0.0742. The number of carbonyl (C=O) groups excluding carboxylic acids is 1. The number of anilines is 1. The summed E-state index contributed by atoms with van der Waals surface area (Å²) >= 11 is 1.52. The van der Waals surface area contributed by atoms with Gasteiger partial charge in [0.2, 0.25) is 5.91 Å². The van der Waals surface area contributed by atoms with Gasteiger partial charge < -0.3 is 10.6 Å². The average molecular weight is 318 g/mol. The Morgan fingerprint density at radius 1 is 1.41 bits per heavy atom. The maximum atomic E-state index is 12.5. The average Bonchev–Trinajstić information content (AvgIpc) is 3.21. The molecule has 0 bridgehead atoms. The monoisotopic (exact) mass is 318 g/mol. The van der Waals surface area contributed by atoms with Gasteiger partial charge in [-0.05, 0) is 37.3 Å². The van der Waals surface area contributed by atoms with Crippen molar-refractivity contribution in [2.75, 3.05) is 18.8 Å². The summed E-state index contributed by atoms with van der Waals surface area (Å²) in [7, 11) is 0. The van der Waals surface area contributed by atoms with Gasteiger partial charge in [-0.1, -0.05) is 6.07 Å². The van der Waals surface area contributed by atoms with E-state index in [1.807, 2.05) is 17.5 Å². The lowest BCUT2D eigenvalue weighted by molar-refractivity contribution is -0.133. The molecule has 2 aromatic rings. The maximum absolute atomic E-state index is 12.5. The van der Waals surface area contributed by atoms with Crippen LogP contribution in [0.15, 0.2) is 28.4 Å². The number of carbonyl (C=O) groups is 1. The van der Waals surface area contributed by atoms with E-state index in [0.717, 1.165) is 30.8 Å². The normalized spacial score (nSPS) is 16.0. The molecular formula is C15H18N4O2S. The standard InChI is InChI=1S/C15H18N4O2S/c1-10(14(20)18-6-2-3-7-18)19-15(21)11(16)9-12(17-19)13-5-4-8-22-13/h4-5,8-10H,2-3,6-7,16H2,1H3. The van der Waals surface area contributed by atoms with E-state index < -0.39 is 11.6 Å². The van der Waals surface area contributed by atoms with Crippen LogP contribution in [0.5, 0.6) is 0 Å². The molecule has 22 heavy (non-hydrogen) atoms. The van der Waals surface area contributed by atoms with Gasteiger partial charge in [0.1, 0.15) is 17.4 Å². The van der Waals surface area contributed by atoms with Gasteiger partial charge in [0, 0.05) is 13.1 Å². The molecule has 3 heterocycles. The van der Waals surface area contributed by atoms with Crippen molar-refractivity contribution < 1.29 is 4.79 Å². The Kier molecular flexibility index (Phi) is 3.98. The highest BCUT2D eigenvalue weighted by Gasteiger charge is 2.26. The number of hydrogen-bond donors (Lipinski definition) is 1. The van der Waals surface area contributed by atoms with Crippen LogP contribution in [0.25, 0.3) is 10.6 Å². The summed E-state index contributed by atoms with van der Waals surface area (Å²) in [4.78, 5) is 27.5. The lowest BCUT2D eigenvalue weighted by atomic mass is 10.2. The van der Waals surface area contributed by atoms with Crippen molar-refractivity contribution in [3.8, 4) is 10.6 Å². The van der Waals surface area contributed by atoms with E-state index in [2.05, 4.69) is 5.10 Å². The Bertz CT molecular complexity index is 732. The number of aromatic nitrogens is 2. The molecule has 7 heteroatoms. The van der Waals surface area contributed by atoms with Gasteiger partial charge in [-0.15, -0.1) is 11.3 Å². The Hall–Kier alpha value is -2.15. The third-order valence-corrected chi connectivity index (χ3v) is 4.77. The molecule has 1 saturated heterocycles. The minimum absolute atomic E-state index is 0.0742. The molecule has 1 amide bonds. The lowest BCUT2D eigenvalue weighted by Crippen LogP contribution is -2.39. The Labute approximate surface area is 132 Å². The molecular weight excluding hydrogens is 300 g/mol. The predicted octanol–water partition coefficient (Wildman–Crippen LogP) is 1.74. The molecule has 3 rings (SSSR count). The molecule has 1 aliphatic rings. The number of hydrogen-bond acceptors (Lipinski definition) is 5.